The van der Waals surface area contributed by atoms with Gasteiger partial charge in [0.15, 0.2) is 0 Å². The van der Waals surface area contributed by atoms with Crippen LogP contribution in [-0.4, -0.2) is 48.5 Å². The largest absolute Gasteiger partial charge is 0.336 e. The number of piperidine rings is 1. The molecule has 8 heteroatoms. The summed E-state index contributed by atoms with van der Waals surface area (Å²) < 4.78 is 32.7. The van der Waals surface area contributed by atoms with Gasteiger partial charge in [0.25, 0.3) is 5.71 Å². The molecule has 2 aromatic heterocycles. The summed E-state index contributed by atoms with van der Waals surface area (Å²) in [5.74, 6) is 0.583. The molecule has 2 aromatic rings. The first-order valence-corrected chi connectivity index (χ1v) is 10.5. The average Bonchev–Trinajstić information content (AvgIpc) is 3.31. The second kappa shape index (κ2) is 6.66. The number of rotatable bonds is 4. The zero-order valence-corrected chi connectivity index (χ0v) is 15.3. The van der Waals surface area contributed by atoms with E-state index in [-0.39, 0.29) is 4.90 Å². The Morgan fingerprint density at radius 2 is 2.12 bits per heavy atom. The molecule has 0 spiro atoms. The molecule has 0 aliphatic carbocycles. The van der Waals surface area contributed by atoms with Crippen LogP contribution < -0.4 is 5.32 Å². The minimum absolute atomic E-state index is 0.232. The third kappa shape index (κ3) is 3.07. The van der Waals surface area contributed by atoms with Crippen molar-refractivity contribution in [2.24, 2.45) is 5.92 Å². The molecule has 0 amide bonds. The maximum atomic E-state index is 13.0. The predicted octanol–water partition coefficient (Wildman–Crippen LogP) is 1.94. The number of fused-ring (bicyclic) bond motifs is 1. The Kier molecular flexibility index (Phi) is 4.51. The predicted molar refractivity (Wildman–Crippen MR) is 93.7 cm³/mol. The van der Waals surface area contributed by atoms with Crippen molar-refractivity contribution < 1.29 is 12.9 Å². The first kappa shape index (κ1) is 16.9. The number of aromatic nitrogens is 2. The fourth-order valence-electron chi connectivity index (χ4n) is 4.04. The van der Waals surface area contributed by atoms with Crippen molar-refractivity contribution in [3.63, 3.8) is 0 Å². The number of pyridine rings is 1. The fourth-order valence-corrected chi connectivity index (χ4v) is 5.48. The van der Waals surface area contributed by atoms with E-state index < -0.39 is 10.0 Å². The van der Waals surface area contributed by atoms with Crippen LogP contribution in [0.1, 0.15) is 38.3 Å². The molecule has 136 valence electrons. The maximum Gasteiger partial charge on any atom is 0.258 e. The molecule has 2 aliphatic heterocycles. The van der Waals surface area contributed by atoms with Crippen LogP contribution in [0, 0.1) is 5.92 Å². The fraction of sp³-hybridized carbons (Fsp3) is 0.647. The molecule has 1 unspecified atom stereocenters. The lowest BCUT2D eigenvalue weighted by Gasteiger charge is -2.34. The molecule has 1 N–H and O–H groups in total. The molecule has 0 saturated carbocycles. The second-order valence-corrected chi connectivity index (χ2v) is 8.89. The van der Waals surface area contributed by atoms with Crippen molar-refractivity contribution in [2.45, 2.75) is 50.0 Å². The zero-order chi connectivity index (χ0) is 17.4. The van der Waals surface area contributed by atoms with Gasteiger partial charge in [0.1, 0.15) is 4.90 Å². The van der Waals surface area contributed by atoms with Crippen LogP contribution in [0.2, 0.25) is 0 Å². The number of nitrogens with zero attached hydrogens (tertiary/aromatic N) is 3. The van der Waals surface area contributed by atoms with E-state index in [9.17, 15) is 8.42 Å². The quantitative estimate of drug-likeness (QED) is 0.892. The molecule has 0 aromatic carbocycles. The number of nitrogens with one attached hydrogen (secondary N) is 1. The highest BCUT2D eigenvalue weighted by Crippen LogP contribution is 2.29. The van der Waals surface area contributed by atoms with E-state index in [1.165, 1.54) is 19.0 Å². The van der Waals surface area contributed by atoms with Gasteiger partial charge in [-0.05, 0) is 50.6 Å². The van der Waals surface area contributed by atoms with E-state index in [2.05, 4.69) is 15.5 Å². The van der Waals surface area contributed by atoms with E-state index in [1.807, 2.05) is 6.92 Å². The van der Waals surface area contributed by atoms with E-state index in [0.29, 0.717) is 42.6 Å². The molecule has 2 fully saturated rings. The van der Waals surface area contributed by atoms with Gasteiger partial charge < -0.3 is 9.84 Å². The van der Waals surface area contributed by atoms with Crippen LogP contribution in [0.5, 0.6) is 0 Å². The summed E-state index contributed by atoms with van der Waals surface area (Å²) >= 11 is 0. The number of hydrogen-bond acceptors (Lipinski definition) is 6. The number of hydrogen-bond donors (Lipinski definition) is 1. The molecular weight excluding hydrogens is 340 g/mol. The topological polar surface area (TPSA) is 88.3 Å². The summed E-state index contributed by atoms with van der Waals surface area (Å²) in [4.78, 5) is 4.38. The van der Waals surface area contributed by atoms with Crippen molar-refractivity contribution in [3.05, 3.63) is 18.0 Å². The lowest BCUT2D eigenvalue weighted by atomic mass is 9.89. The van der Waals surface area contributed by atoms with Crippen LogP contribution in [0.15, 0.2) is 21.7 Å². The Balaban J connectivity index is 1.53. The average molecular weight is 364 g/mol. The van der Waals surface area contributed by atoms with E-state index in [4.69, 9.17) is 4.52 Å². The van der Waals surface area contributed by atoms with E-state index >= 15 is 0 Å². The van der Waals surface area contributed by atoms with E-state index in [0.717, 1.165) is 25.1 Å². The molecule has 4 rings (SSSR count). The Bertz CT molecular complexity index is 850. The van der Waals surface area contributed by atoms with Crippen molar-refractivity contribution in [3.8, 4) is 0 Å². The number of aryl methyl sites for hydroxylation is 1. The first-order chi connectivity index (χ1) is 12.1. The molecule has 25 heavy (non-hydrogen) atoms. The third-order valence-electron chi connectivity index (χ3n) is 5.52. The monoisotopic (exact) mass is 364 g/mol. The Hall–Kier alpha value is -1.51. The molecule has 4 heterocycles. The normalized spacial score (nSPS) is 23.5. The van der Waals surface area contributed by atoms with Crippen molar-refractivity contribution in [1.29, 1.82) is 0 Å². The Labute approximate surface area is 147 Å². The van der Waals surface area contributed by atoms with Crippen LogP contribution >= 0.6 is 0 Å². The Morgan fingerprint density at radius 3 is 2.80 bits per heavy atom. The summed E-state index contributed by atoms with van der Waals surface area (Å²) in [5, 5.41) is 8.19. The van der Waals surface area contributed by atoms with Crippen LogP contribution in [0.25, 0.3) is 11.1 Å². The molecular formula is C17H24N4O3S. The maximum absolute atomic E-state index is 13.0. The molecule has 1 atom stereocenters. The van der Waals surface area contributed by atoms with E-state index in [1.54, 1.807) is 10.4 Å². The van der Waals surface area contributed by atoms with Gasteiger partial charge >= 0.3 is 0 Å². The highest BCUT2D eigenvalue weighted by Gasteiger charge is 2.33. The van der Waals surface area contributed by atoms with Gasteiger partial charge in [0.05, 0.1) is 17.3 Å². The van der Waals surface area contributed by atoms with Gasteiger partial charge in [-0.15, -0.1) is 0 Å². The third-order valence-corrected chi connectivity index (χ3v) is 7.38. The Morgan fingerprint density at radius 1 is 1.32 bits per heavy atom. The van der Waals surface area contributed by atoms with Crippen molar-refractivity contribution in [1.82, 2.24) is 19.8 Å². The zero-order valence-electron chi connectivity index (χ0n) is 14.4. The van der Waals surface area contributed by atoms with Gasteiger partial charge in [0, 0.05) is 19.1 Å². The molecule has 2 aliphatic rings. The summed E-state index contributed by atoms with van der Waals surface area (Å²) in [7, 11) is -3.52. The minimum atomic E-state index is -3.52. The lowest BCUT2D eigenvalue weighted by molar-refractivity contribution is 0.234. The first-order valence-electron chi connectivity index (χ1n) is 9.07. The summed E-state index contributed by atoms with van der Waals surface area (Å²) in [5.41, 5.74) is 1.13. The van der Waals surface area contributed by atoms with Gasteiger partial charge in [-0.3, -0.25) is 0 Å². The van der Waals surface area contributed by atoms with Crippen LogP contribution in [-0.2, 0) is 16.4 Å². The summed E-state index contributed by atoms with van der Waals surface area (Å²) in [6.45, 7) is 4.20. The van der Waals surface area contributed by atoms with Gasteiger partial charge in [-0.2, -0.15) is 4.31 Å². The minimum Gasteiger partial charge on any atom is -0.336 e. The molecule has 0 bridgehead atoms. The smallest absolute Gasteiger partial charge is 0.258 e. The van der Waals surface area contributed by atoms with Gasteiger partial charge in [-0.1, -0.05) is 12.1 Å². The van der Waals surface area contributed by atoms with Crippen molar-refractivity contribution in [2.75, 3.05) is 19.6 Å². The summed E-state index contributed by atoms with van der Waals surface area (Å²) in [6, 6.07) is 2.21. The molecule has 0 radical (unpaired) electrons. The van der Waals surface area contributed by atoms with Crippen LogP contribution in [0.3, 0.4) is 0 Å². The lowest BCUT2D eigenvalue weighted by Crippen LogP contribution is -2.43. The summed E-state index contributed by atoms with van der Waals surface area (Å²) in [6.07, 6.45) is 6.34. The standard InChI is InChI=1S/C17H24N4O3S/c1-2-15-14-10-13(11-19-17(14)24-20-15)25(22,23)21-8-5-12(6-9-21)16-4-3-7-18-16/h10-12,16,18H,2-9H2,1H3. The second-order valence-electron chi connectivity index (χ2n) is 6.95. The highest BCUT2D eigenvalue weighted by atomic mass is 32.2. The number of sulfonamides is 1. The highest BCUT2D eigenvalue weighted by molar-refractivity contribution is 7.89. The molecule has 7 nitrogen and oxygen atoms in total. The van der Waals surface area contributed by atoms with Gasteiger partial charge in [0.2, 0.25) is 10.0 Å². The van der Waals surface area contributed by atoms with Crippen molar-refractivity contribution >= 4 is 21.1 Å². The van der Waals surface area contributed by atoms with Gasteiger partial charge in [-0.25, -0.2) is 13.4 Å². The molecule has 2 saturated heterocycles. The SMILES string of the molecule is CCc1noc2ncc(S(=O)(=O)N3CCC(C4CCCN4)CC3)cc12. The van der Waals surface area contributed by atoms with Crippen LogP contribution in [0.4, 0.5) is 0 Å².